The van der Waals surface area contributed by atoms with Crippen LogP contribution in [0.4, 0.5) is 5.00 Å². The molecule has 178 valence electrons. The average Bonchev–Trinajstić information content (AvgIpc) is 3.35. The Labute approximate surface area is 216 Å². The molecule has 0 fully saturated rings. The monoisotopic (exact) mass is 521 g/mol. The zero-order valence-electron chi connectivity index (χ0n) is 19.7. The average molecular weight is 522 g/mol. The molecule has 0 radical (unpaired) electrons. The third-order valence-corrected chi connectivity index (χ3v) is 7.98. The smallest absolute Gasteiger partial charge is 0.235 e. The quantitative estimate of drug-likeness (QED) is 0.247. The number of benzene rings is 1. The van der Waals surface area contributed by atoms with E-state index in [1.165, 1.54) is 34.9 Å². The zero-order valence-corrected chi connectivity index (χ0v) is 22.1. The van der Waals surface area contributed by atoms with Gasteiger partial charge in [0.15, 0.2) is 10.3 Å². The number of nitrogens with zero attached hydrogens (tertiary/aromatic N) is 6. The van der Waals surface area contributed by atoms with Crippen LogP contribution in [0.5, 0.6) is 0 Å². The highest BCUT2D eigenvalue weighted by Gasteiger charge is 2.19. The number of hydrogen-bond acceptors (Lipinski definition) is 9. The van der Waals surface area contributed by atoms with Crippen LogP contribution in [-0.4, -0.2) is 36.4 Å². The van der Waals surface area contributed by atoms with Gasteiger partial charge >= 0.3 is 0 Å². The van der Waals surface area contributed by atoms with E-state index in [4.69, 9.17) is 0 Å². The molecule has 35 heavy (non-hydrogen) atoms. The predicted molar refractivity (Wildman–Crippen MR) is 140 cm³/mol. The van der Waals surface area contributed by atoms with Crippen LogP contribution in [0.25, 0.3) is 5.69 Å². The lowest BCUT2D eigenvalue weighted by atomic mass is 10.2. The molecule has 0 spiro atoms. The normalized spacial score (nSPS) is 10.8. The van der Waals surface area contributed by atoms with Gasteiger partial charge in [0.25, 0.3) is 0 Å². The summed E-state index contributed by atoms with van der Waals surface area (Å²) in [5.74, 6) is 1.20. The Balaban J connectivity index is 1.51. The third kappa shape index (κ3) is 5.90. The zero-order chi connectivity index (χ0) is 24.9. The van der Waals surface area contributed by atoms with Gasteiger partial charge in [0, 0.05) is 22.0 Å². The van der Waals surface area contributed by atoms with Crippen molar-refractivity contribution in [2.75, 3.05) is 11.1 Å². The molecule has 3 heterocycles. The van der Waals surface area contributed by atoms with Crippen molar-refractivity contribution in [1.29, 1.82) is 5.26 Å². The maximum absolute atomic E-state index is 12.7. The summed E-state index contributed by atoms with van der Waals surface area (Å²) in [5.41, 5.74) is 4.17. The van der Waals surface area contributed by atoms with Gasteiger partial charge in [-0.15, -0.1) is 21.5 Å². The van der Waals surface area contributed by atoms with E-state index >= 15 is 0 Å². The molecule has 8 nitrogen and oxygen atoms in total. The molecule has 0 aliphatic heterocycles. The molecule has 11 heteroatoms. The van der Waals surface area contributed by atoms with Crippen LogP contribution in [0.1, 0.15) is 33.2 Å². The molecule has 3 aromatic heterocycles. The summed E-state index contributed by atoms with van der Waals surface area (Å²) >= 11 is 4.21. The maximum Gasteiger partial charge on any atom is 0.235 e. The van der Waals surface area contributed by atoms with Crippen molar-refractivity contribution in [3.8, 4) is 11.8 Å². The number of anilines is 1. The molecule has 0 aliphatic carbocycles. The van der Waals surface area contributed by atoms with Crippen molar-refractivity contribution in [1.82, 2.24) is 24.7 Å². The lowest BCUT2D eigenvalue weighted by Gasteiger charge is -2.10. The number of hydrogen-bond donors (Lipinski definition) is 1. The number of carbonyl (C=O) groups excluding carboxylic acids is 1. The number of carbonyl (C=O) groups is 1. The van der Waals surface area contributed by atoms with Crippen molar-refractivity contribution in [3.63, 3.8) is 0 Å². The van der Waals surface area contributed by atoms with Crippen molar-refractivity contribution in [2.24, 2.45) is 0 Å². The van der Waals surface area contributed by atoms with Gasteiger partial charge < -0.3 is 5.32 Å². The Morgan fingerprint density at radius 2 is 1.80 bits per heavy atom. The van der Waals surface area contributed by atoms with Gasteiger partial charge in [0.2, 0.25) is 5.91 Å². The minimum absolute atomic E-state index is 0.138. The Morgan fingerprint density at radius 3 is 2.49 bits per heavy atom. The molecular weight excluding hydrogens is 499 g/mol. The van der Waals surface area contributed by atoms with Crippen LogP contribution in [0, 0.1) is 39.0 Å². The largest absolute Gasteiger partial charge is 0.316 e. The van der Waals surface area contributed by atoms with Crippen molar-refractivity contribution < 1.29 is 4.79 Å². The highest BCUT2D eigenvalue weighted by atomic mass is 32.2. The van der Waals surface area contributed by atoms with Gasteiger partial charge in [-0.3, -0.25) is 9.36 Å². The fraction of sp³-hybridized carbons (Fsp3) is 0.250. The molecule has 0 bridgehead atoms. The van der Waals surface area contributed by atoms with Gasteiger partial charge in [-0.1, -0.05) is 41.7 Å². The molecule has 1 N–H and O–H groups in total. The van der Waals surface area contributed by atoms with E-state index in [0.29, 0.717) is 26.6 Å². The van der Waals surface area contributed by atoms with E-state index in [1.54, 1.807) is 0 Å². The third-order valence-electron chi connectivity index (χ3n) is 5.09. The minimum atomic E-state index is -0.199. The molecule has 4 rings (SSSR count). The van der Waals surface area contributed by atoms with Gasteiger partial charge in [-0.2, -0.15) is 5.26 Å². The Bertz CT molecular complexity index is 1390. The first kappa shape index (κ1) is 24.9. The number of amides is 1. The molecule has 0 saturated heterocycles. The lowest BCUT2D eigenvalue weighted by molar-refractivity contribution is -0.113. The molecule has 0 aliphatic rings. The second-order valence-corrected chi connectivity index (χ2v) is 10.8. The van der Waals surface area contributed by atoms with Crippen LogP contribution in [0.15, 0.2) is 46.7 Å². The summed E-state index contributed by atoms with van der Waals surface area (Å²) in [7, 11) is 0. The summed E-state index contributed by atoms with van der Waals surface area (Å²) in [6, 6.07) is 13.9. The van der Waals surface area contributed by atoms with Crippen LogP contribution in [0.3, 0.4) is 0 Å². The second kappa shape index (κ2) is 11.0. The van der Waals surface area contributed by atoms with E-state index in [2.05, 4.69) is 31.6 Å². The minimum Gasteiger partial charge on any atom is -0.316 e. The number of aryl methyl sites for hydroxylation is 3. The summed E-state index contributed by atoms with van der Waals surface area (Å²) in [6.07, 6.45) is 0. The fourth-order valence-electron chi connectivity index (χ4n) is 3.35. The van der Waals surface area contributed by atoms with E-state index in [0.717, 1.165) is 33.3 Å². The lowest BCUT2D eigenvalue weighted by Crippen LogP contribution is -2.14. The number of nitriles is 1. The van der Waals surface area contributed by atoms with Gasteiger partial charge in [-0.05, 0) is 51.5 Å². The second-order valence-electron chi connectivity index (χ2n) is 7.73. The molecule has 4 aromatic rings. The van der Waals surface area contributed by atoms with Crippen molar-refractivity contribution in [2.45, 2.75) is 43.8 Å². The van der Waals surface area contributed by atoms with E-state index in [1.807, 2.05) is 68.7 Å². The number of aromatic nitrogens is 5. The van der Waals surface area contributed by atoms with Gasteiger partial charge in [0.05, 0.1) is 17.1 Å². The first-order valence-electron chi connectivity index (χ1n) is 10.7. The van der Waals surface area contributed by atoms with E-state index in [9.17, 15) is 10.1 Å². The number of nitrogens with one attached hydrogen (secondary N) is 1. The summed E-state index contributed by atoms with van der Waals surface area (Å²) in [6.45, 7) is 7.72. The highest BCUT2D eigenvalue weighted by Crippen LogP contribution is 2.32. The molecule has 0 atom stereocenters. The Hall–Kier alpha value is -3.20. The standard InChI is InChI=1S/C24H23N7OS3/c1-14-10-15(2)27-23(26-14)33-12-20-29-30-24(31(20)18-8-6-5-7-9-18)34-13-21(32)28-22-19(11-25)16(3)17(4)35-22/h5-10H,12-13H2,1-4H3,(H,28,32). The molecule has 0 unspecified atom stereocenters. The van der Waals surface area contributed by atoms with Crippen LogP contribution in [0.2, 0.25) is 0 Å². The molecular formula is C24H23N7OS3. The first-order chi connectivity index (χ1) is 16.9. The maximum atomic E-state index is 12.7. The number of rotatable bonds is 8. The number of thiophene rings is 1. The summed E-state index contributed by atoms with van der Waals surface area (Å²) < 4.78 is 1.95. The summed E-state index contributed by atoms with van der Waals surface area (Å²) in [4.78, 5) is 22.7. The van der Waals surface area contributed by atoms with Gasteiger partial charge in [-0.25, -0.2) is 9.97 Å². The van der Waals surface area contributed by atoms with Crippen molar-refractivity contribution in [3.05, 3.63) is 69.6 Å². The topological polar surface area (TPSA) is 109 Å². The van der Waals surface area contributed by atoms with Gasteiger partial charge in [0.1, 0.15) is 16.9 Å². The fourth-order valence-corrected chi connectivity index (χ4v) is 6.01. The Morgan fingerprint density at radius 1 is 1.09 bits per heavy atom. The highest BCUT2D eigenvalue weighted by molar-refractivity contribution is 7.99. The SMILES string of the molecule is Cc1cc(C)nc(SCc2nnc(SCC(=O)Nc3sc(C)c(C)c3C#N)n2-c2ccccc2)n1. The molecule has 0 saturated carbocycles. The van der Waals surface area contributed by atoms with Crippen LogP contribution < -0.4 is 5.32 Å². The van der Waals surface area contributed by atoms with E-state index in [-0.39, 0.29) is 11.7 Å². The molecule has 1 amide bonds. The van der Waals surface area contributed by atoms with E-state index < -0.39 is 0 Å². The van der Waals surface area contributed by atoms with Crippen molar-refractivity contribution >= 4 is 45.8 Å². The number of thioether (sulfide) groups is 2. The summed E-state index contributed by atoms with van der Waals surface area (Å²) in [5, 5.41) is 23.0. The predicted octanol–water partition coefficient (Wildman–Crippen LogP) is 5.25. The Kier molecular flexibility index (Phi) is 7.85. The first-order valence-corrected chi connectivity index (χ1v) is 13.5. The van der Waals surface area contributed by atoms with Crippen LogP contribution in [-0.2, 0) is 10.5 Å². The number of para-hydroxylation sites is 1. The van der Waals surface area contributed by atoms with Crippen LogP contribution >= 0.6 is 34.9 Å². The molecule has 1 aromatic carbocycles.